The van der Waals surface area contributed by atoms with E-state index in [1.54, 1.807) is 11.8 Å². The average Bonchev–Trinajstić information content (AvgIpc) is 2.34. The van der Waals surface area contributed by atoms with E-state index >= 15 is 0 Å². The molecule has 1 aromatic carbocycles. The summed E-state index contributed by atoms with van der Waals surface area (Å²) < 4.78 is 23.1. The van der Waals surface area contributed by atoms with Gasteiger partial charge in [-0.15, -0.1) is 0 Å². The summed E-state index contributed by atoms with van der Waals surface area (Å²) in [5.41, 5.74) is 6.10. The molecule has 0 aliphatic heterocycles. The first kappa shape index (κ1) is 15.0. The van der Waals surface area contributed by atoms with Crippen LogP contribution in [0.1, 0.15) is 12.0 Å². The molecular formula is C12H17NO3S2. The Morgan fingerprint density at radius 3 is 2.44 bits per heavy atom. The molecule has 1 aromatic rings. The van der Waals surface area contributed by atoms with Crippen molar-refractivity contribution >= 4 is 27.5 Å². The minimum Gasteiger partial charge on any atom is -0.370 e. The second-order valence-corrected chi connectivity index (χ2v) is 7.32. The number of nitrogens with two attached hydrogens (primary N) is 1. The summed E-state index contributed by atoms with van der Waals surface area (Å²) in [6.07, 6.45) is -0.0916. The Hall–Kier alpha value is -1.01. The van der Waals surface area contributed by atoms with Gasteiger partial charge >= 0.3 is 0 Å². The van der Waals surface area contributed by atoms with Crippen molar-refractivity contribution in [1.29, 1.82) is 0 Å². The number of thioether (sulfide) groups is 1. The number of carbonyl (C=O) groups is 1. The van der Waals surface area contributed by atoms with Gasteiger partial charge in [0.2, 0.25) is 5.91 Å². The standard InChI is InChI=1S/C12H17NO3S2/c13-12(14)6-8-18(15,16)9-7-17-10-11-4-2-1-3-5-11/h1-5H,6-10H2,(H2,13,14). The number of sulfone groups is 1. The molecular weight excluding hydrogens is 270 g/mol. The predicted octanol–water partition coefficient (Wildman–Crippen LogP) is 1.21. The van der Waals surface area contributed by atoms with Crippen molar-refractivity contribution in [1.82, 2.24) is 0 Å². The topological polar surface area (TPSA) is 77.2 Å². The van der Waals surface area contributed by atoms with Crippen molar-refractivity contribution < 1.29 is 13.2 Å². The van der Waals surface area contributed by atoms with Crippen LogP contribution >= 0.6 is 11.8 Å². The van der Waals surface area contributed by atoms with Gasteiger partial charge in [-0.25, -0.2) is 8.42 Å². The molecule has 0 saturated carbocycles. The highest BCUT2D eigenvalue weighted by Crippen LogP contribution is 2.12. The molecule has 2 N–H and O–H groups in total. The van der Waals surface area contributed by atoms with Crippen molar-refractivity contribution in [3.8, 4) is 0 Å². The van der Waals surface area contributed by atoms with Gasteiger partial charge in [0.25, 0.3) is 0 Å². The number of hydrogen-bond donors (Lipinski definition) is 1. The van der Waals surface area contributed by atoms with Crippen LogP contribution in [0.25, 0.3) is 0 Å². The highest BCUT2D eigenvalue weighted by Gasteiger charge is 2.11. The maximum Gasteiger partial charge on any atom is 0.218 e. The summed E-state index contributed by atoms with van der Waals surface area (Å²) in [6.45, 7) is 0. The van der Waals surface area contributed by atoms with Crippen molar-refractivity contribution in [2.45, 2.75) is 12.2 Å². The third-order valence-electron chi connectivity index (χ3n) is 2.31. The van der Waals surface area contributed by atoms with Gasteiger partial charge in [0, 0.05) is 17.9 Å². The van der Waals surface area contributed by atoms with Gasteiger partial charge in [0.15, 0.2) is 9.84 Å². The Bertz CT molecular complexity index is 471. The lowest BCUT2D eigenvalue weighted by Crippen LogP contribution is -2.19. The molecule has 4 nitrogen and oxygen atoms in total. The van der Waals surface area contributed by atoms with E-state index in [1.165, 1.54) is 5.56 Å². The van der Waals surface area contributed by atoms with Gasteiger partial charge in [0.1, 0.15) is 0 Å². The quantitative estimate of drug-likeness (QED) is 0.729. The largest absolute Gasteiger partial charge is 0.370 e. The summed E-state index contributed by atoms with van der Waals surface area (Å²) in [4.78, 5) is 10.5. The summed E-state index contributed by atoms with van der Waals surface area (Å²) in [6, 6.07) is 9.88. The third kappa shape index (κ3) is 6.66. The molecule has 0 bridgehead atoms. The smallest absolute Gasteiger partial charge is 0.218 e. The summed E-state index contributed by atoms with van der Waals surface area (Å²) in [7, 11) is -3.15. The molecule has 18 heavy (non-hydrogen) atoms. The molecule has 100 valence electrons. The van der Waals surface area contributed by atoms with Crippen LogP contribution < -0.4 is 5.73 Å². The van der Waals surface area contributed by atoms with E-state index in [0.717, 1.165) is 5.75 Å². The molecule has 0 fully saturated rings. The van der Waals surface area contributed by atoms with E-state index in [4.69, 9.17) is 5.73 Å². The number of carbonyl (C=O) groups excluding carboxylic acids is 1. The Morgan fingerprint density at radius 1 is 1.17 bits per heavy atom. The van der Waals surface area contributed by atoms with E-state index < -0.39 is 15.7 Å². The Balaban J connectivity index is 2.23. The highest BCUT2D eigenvalue weighted by atomic mass is 32.2. The van der Waals surface area contributed by atoms with Gasteiger partial charge in [-0.3, -0.25) is 4.79 Å². The fourth-order valence-electron chi connectivity index (χ4n) is 1.31. The molecule has 1 amide bonds. The molecule has 0 radical (unpaired) electrons. The maximum atomic E-state index is 11.5. The second-order valence-electron chi connectivity index (χ2n) is 3.91. The monoisotopic (exact) mass is 287 g/mol. The van der Waals surface area contributed by atoms with Crippen LogP contribution in [0.5, 0.6) is 0 Å². The number of rotatable bonds is 8. The lowest BCUT2D eigenvalue weighted by atomic mass is 10.2. The SMILES string of the molecule is NC(=O)CCS(=O)(=O)CCSCc1ccccc1. The number of primary amides is 1. The lowest BCUT2D eigenvalue weighted by molar-refractivity contribution is -0.117. The van der Waals surface area contributed by atoms with Crippen LogP contribution in [0.2, 0.25) is 0 Å². The fraction of sp³-hybridized carbons (Fsp3) is 0.417. The minimum absolute atomic E-state index is 0.0916. The molecule has 0 aromatic heterocycles. The summed E-state index contributed by atoms with van der Waals surface area (Å²) >= 11 is 1.57. The normalized spacial score (nSPS) is 11.3. The van der Waals surface area contributed by atoms with Gasteiger partial charge in [0.05, 0.1) is 11.5 Å². The Morgan fingerprint density at radius 2 is 1.83 bits per heavy atom. The van der Waals surface area contributed by atoms with Crippen molar-refractivity contribution in [3.05, 3.63) is 35.9 Å². The van der Waals surface area contributed by atoms with Crippen LogP contribution in [0.4, 0.5) is 0 Å². The molecule has 0 aliphatic carbocycles. The molecule has 1 rings (SSSR count). The van der Waals surface area contributed by atoms with E-state index in [-0.39, 0.29) is 17.9 Å². The van der Waals surface area contributed by atoms with E-state index in [1.807, 2.05) is 30.3 Å². The predicted molar refractivity (Wildman–Crippen MR) is 75.1 cm³/mol. The third-order valence-corrected chi connectivity index (χ3v) is 5.25. The van der Waals surface area contributed by atoms with Crippen LogP contribution in [0.15, 0.2) is 30.3 Å². The zero-order valence-corrected chi connectivity index (χ0v) is 11.7. The Kier molecular flexibility index (Phi) is 6.21. The maximum absolute atomic E-state index is 11.5. The number of hydrogen-bond acceptors (Lipinski definition) is 4. The first-order valence-corrected chi connectivity index (χ1v) is 8.57. The molecule has 0 unspecified atom stereocenters. The van der Waals surface area contributed by atoms with Gasteiger partial charge in [-0.2, -0.15) is 11.8 Å². The van der Waals surface area contributed by atoms with Gasteiger partial charge < -0.3 is 5.73 Å². The zero-order chi connectivity index (χ0) is 13.4. The summed E-state index contributed by atoms with van der Waals surface area (Å²) in [5.74, 6) is 0.712. The molecule has 0 spiro atoms. The number of amides is 1. The number of benzene rings is 1. The zero-order valence-electron chi connectivity index (χ0n) is 10.0. The van der Waals surface area contributed by atoms with Crippen molar-refractivity contribution in [3.63, 3.8) is 0 Å². The van der Waals surface area contributed by atoms with E-state index in [9.17, 15) is 13.2 Å². The van der Waals surface area contributed by atoms with Gasteiger partial charge in [-0.05, 0) is 5.56 Å². The average molecular weight is 287 g/mol. The molecule has 6 heteroatoms. The van der Waals surface area contributed by atoms with Crippen LogP contribution in [0.3, 0.4) is 0 Å². The fourth-order valence-corrected chi connectivity index (χ4v) is 4.08. The minimum atomic E-state index is -3.15. The first-order chi connectivity index (χ1) is 8.49. The molecule has 0 atom stereocenters. The van der Waals surface area contributed by atoms with E-state index in [0.29, 0.717) is 5.75 Å². The van der Waals surface area contributed by atoms with Crippen LogP contribution in [-0.2, 0) is 20.4 Å². The highest BCUT2D eigenvalue weighted by molar-refractivity contribution is 8.00. The second kappa shape index (κ2) is 7.43. The lowest BCUT2D eigenvalue weighted by Gasteiger charge is -2.03. The first-order valence-electron chi connectivity index (χ1n) is 5.60. The molecule has 0 heterocycles. The molecule has 0 aliphatic rings. The van der Waals surface area contributed by atoms with Crippen molar-refractivity contribution in [2.24, 2.45) is 5.73 Å². The van der Waals surface area contributed by atoms with Crippen LogP contribution in [-0.4, -0.2) is 31.6 Å². The van der Waals surface area contributed by atoms with Crippen molar-refractivity contribution in [2.75, 3.05) is 17.3 Å². The summed E-state index contributed by atoms with van der Waals surface area (Å²) in [5, 5.41) is 0. The van der Waals surface area contributed by atoms with Crippen LogP contribution in [0, 0.1) is 0 Å². The van der Waals surface area contributed by atoms with Gasteiger partial charge in [-0.1, -0.05) is 30.3 Å². The van der Waals surface area contributed by atoms with E-state index in [2.05, 4.69) is 0 Å². The Labute approximate surface area is 112 Å². The molecule has 0 saturated heterocycles.